The number of rotatable bonds is 8. The van der Waals surface area contributed by atoms with Crippen LogP contribution in [0.25, 0.3) is 0 Å². The van der Waals surface area contributed by atoms with E-state index in [0.29, 0.717) is 55.5 Å². The first-order valence-electron chi connectivity index (χ1n) is 9.76. The highest BCUT2D eigenvalue weighted by Crippen LogP contribution is 2.29. The third-order valence-electron chi connectivity index (χ3n) is 4.52. The molecule has 1 saturated heterocycles. The van der Waals surface area contributed by atoms with Gasteiger partial charge in [0, 0.05) is 30.3 Å². The number of nitrogens with one attached hydrogen (secondary N) is 1. The van der Waals surface area contributed by atoms with Crippen LogP contribution in [0.2, 0.25) is 0 Å². The van der Waals surface area contributed by atoms with Crippen LogP contribution in [0.1, 0.15) is 29.3 Å². The summed E-state index contributed by atoms with van der Waals surface area (Å²) in [6.07, 6.45) is 2.29. The van der Waals surface area contributed by atoms with E-state index in [1.165, 1.54) is 12.3 Å². The van der Waals surface area contributed by atoms with Crippen molar-refractivity contribution >= 4 is 23.5 Å². The summed E-state index contributed by atoms with van der Waals surface area (Å²) >= 11 is 0. The summed E-state index contributed by atoms with van der Waals surface area (Å²) in [4.78, 5) is 25.2. The molecule has 3 rings (SSSR count). The van der Waals surface area contributed by atoms with E-state index in [9.17, 15) is 14.9 Å². The first kappa shape index (κ1) is 21.3. The molecular weight excluding hydrogens is 388 g/mol. The molecule has 0 atom stereocenters. The smallest absolute Gasteiger partial charge is 0.293 e. The molecule has 2 aromatic rings. The summed E-state index contributed by atoms with van der Waals surface area (Å²) < 4.78 is 10.8. The Balaban J connectivity index is 1.64. The average Bonchev–Trinajstić information content (AvgIpc) is 2.78. The fraction of sp³-hybridized carbons (Fsp3) is 0.333. The molecule has 1 aliphatic rings. The molecule has 9 nitrogen and oxygen atoms in total. The van der Waals surface area contributed by atoms with E-state index in [1.54, 1.807) is 36.4 Å². The third-order valence-corrected chi connectivity index (χ3v) is 4.52. The standard InChI is InChI=1S/C21H24N4O5/c1-2-11-30-18-6-4-17(5-7-18)21(26)23-22-15-16-3-8-19(20(14-16)25(27)28)24-9-12-29-13-10-24/h3-8,14-15H,2,9-13H2,1H3,(H,23,26)/b22-15+. The number of nitrogens with zero attached hydrogens (tertiary/aromatic N) is 3. The Morgan fingerprint density at radius 2 is 2.00 bits per heavy atom. The van der Waals surface area contributed by atoms with Crippen LogP contribution < -0.4 is 15.1 Å². The van der Waals surface area contributed by atoms with Gasteiger partial charge in [0.15, 0.2) is 0 Å². The van der Waals surface area contributed by atoms with Crippen LogP contribution in [0.4, 0.5) is 11.4 Å². The van der Waals surface area contributed by atoms with E-state index in [-0.39, 0.29) is 11.6 Å². The number of hydrogen-bond acceptors (Lipinski definition) is 7. The van der Waals surface area contributed by atoms with Crippen LogP contribution >= 0.6 is 0 Å². The molecule has 0 aromatic heterocycles. The van der Waals surface area contributed by atoms with Gasteiger partial charge in [0.05, 0.1) is 31.0 Å². The summed E-state index contributed by atoms with van der Waals surface area (Å²) in [7, 11) is 0. The summed E-state index contributed by atoms with van der Waals surface area (Å²) in [5.41, 5.74) is 3.93. The van der Waals surface area contributed by atoms with Gasteiger partial charge in [-0.2, -0.15) is 5.10 Å². The van der Waals surface area contributed by atoms with Crippen molar-refractivity contribution in [3.63, 3.8) is 0 Å². The number of morpholine rings is 1. The van der Waals surface area contributed by atoms with Crippen molar-refractivity contribution in [2.45, 2.75) is 13.3 Å². The first-order chi connectivity index (χ1) is 14.6. The Labute approximate surface area is 174 Å². The van der Waals surface area contributed by atoms with Crippen LogP contribution in [0.5, 0.6) is 5.75 Å². The van der Waals surface area contributed by atoms with Gasteiger partial charge in [-0.05, 0) is 36.8 Å². The predicted octanol–water partition coefficient (Wildman–Crippen LogP) is 2.98. The van der Waals surface area contributed by atoms with Crippen LogP contribution in [-0.4, -0.2) is 50.0 Å². The lowest BCUT2D eigenvalue weighted by Gasteiger charge is -2.28. The molecule has 30 heavy (non-hydrogen) atoms. The monoisotopic (exact) mass is 412 g/mol. The van der Waals surface area contributed by atoms with E-state index in [1.807, 2.05) is 11.8 Å². The number of hydrogen-bond donors (Lipinski definition) is 1. The first-order valence-corrected chi connectivity index (χ1v) is 9.76. The number of anilines is 1. The predicted molar refractivity (Wildman–Crippen MR) is 113 cm³/mol. The SMILES string of the molecule is CCCOc1ccc(C(=O)N/N=C/c2ccc(N3CCOCC3)c([N+](=O)[O-])c2)cc1. The van der Waals surface area contributed by atoms with Gasteiger partial charge in [0.1, 0.15) is 11.4 Å². The lowest BCUT2D eigenvalue weighted by atomic mass is 10.1. The summed E-state index contributed by atoms with van der Waals surface area (Å²) in [6, 6.07) is 11.6. The molecular formula is C21H24N4O5. The molecule has 0 spiro atoms. The van der Waals surface area contributed by atoms with Crippen molar-refractivity contribution in [1.29, 1.82) is 0 Å². The molecule has 9 heteroatoms. The minimum absolute atomic E-state index is 0.00477. The quantitative estimate of drug-likeness (QED) is 0.406. The Morgan fingerprint density at radius 1 is 1.27 bits per heavy atom. The molecule has 0 radical (unpaired) electrons. The zero-order chi connectivity index (χ0) is 21.3. The number of amides is 1. The average molecular weight is 412 g/mol. The number of nitro benzene ring substituents is 1. The van der Waals surface area contributed by atoms with Crippen molar-refractivity contribution in [3.05, 3.63) is 63.7 Å². The number of ether oxygens (including phenoxy) is 2. The van der Waals surface area contributed by atoms with Crippen LogP contribution in [0.15, 0.2) is 47.6 Å². The summed E-state index contributed by atoms with van der Waals surface area (Å²) in [5.74, 6) is 0.317. The van der Waals surface area contributed by atoms with Crippen molar-refractivity contribution < 1.29 is 19.2 Å². The Morgan fingerprint density at radius 3 is 2.67 bits per heavy atom. The van der Waals surface area contributed by atoms with Gasteiger partial charge in [-0.3, -0.25) is 14.9 Å². The van der Waals surface area contributed by atoms with Crippen molar-refractivity contribution in [1.82, 2.24) is 5.43 Å². The minimum Gasteiger partial charge on any atom is -0.494 e. The fourth-order valence-electron chi connectivity index (χ4n) is 2.99. The van der Waals surface area contributed by atoms with Crippen LogP contribution in [0, 0.1) is 10.1 Å². The lowest BCUT2D eigenvalue weighted by Crippen LogP contribution is -2.36. The molecule has 1 amide bonds. The van der Waals surface area contributed by atoms with Crippen molar-refractivity contribution in [2.75, 3.05) is 37.8 Å². The van der Waals surface area contributed by atoms with Gasteiger partial charge >= 0.3 is 0 Å². The van der Waals surface area contributed by atoms with E-state index >= 15 is 0 Å². The highest BCUT2D eigenvalue weighted by molar-refractivity contribution is 5.95. The number of hydrazone groups is 1. The topological polar surface area (TPSA) is 106 Å². The summed E-state index contributed by atoms with van der Waals surface area (Å²) in [6.45, 7) is 4.92. The number of benzene rings is 2. The molecule has 1 aliphatic heterocycles. The maximum Gasteiger partial charge on any atom is 0.293 e. The summed E-state index contributed by atoms with van der Waals surface area (Å²) in [5, 5.41) is 15.4. The van der Waals surface area contributed by atoms with E-state index in [2.05, 4.69) is 10.5 Å². The van der Waals surface area contributed by atoms with Gasteiger partial charge in [-0.25, -0.2) is 5.43 Å². The molecule has 0 aliphatic carbocycles. The second-order valence-electron chi connectivity index (χ2n) is 6.68. The highest BCUT2D eigenvalue weighted by atomic mass is 16.6. The molecule has 1 fully saturated rings. The molecule has 1 heterocycles. The molecule has 1 N–H and O–H groups in total. The number of carbonyl (C=O) groups excluding carboxylic acids is 1. The fourth-order valence-corrected chi connectivity index (χ4v) is 2.99. The van der Waals surface area contributed by atoms with Crippen LogP contribution in [-0.2, 0) is 4.74 Å². The molecule has 0 bridgehead atoms. The highest BCUT2D eigenvalue weighted by Gasteiger charge is 2.21. The molecule has 0 unspecified atom stereocenters. The van der Waals surface area contributed by atoms with Gasteiger partial charge in [-0.15, -0.1) is 0 Å². The largest absolute Gasteiger partial charge is 0.494 e. The number of carbonyl (C=O) groups is 1. The van der Waals surface area contributed by atoms with E-state index < -0.39 is 4.92 Å². The molecule has 2 aromatic carbocycles. The van der Waals surface area contributed by atoms with Crippen molar-refractivity contribution in [2.24, 2.45) is 5.10 Å². The van der Waals surface area contributed by atoms with Crippen LogP contribution in [0.3, 0.4) is 0 Å². The maximum atomic E-state index is 12.2. The van der Waals surface area contributed by atoms with Gasteiger partial charge in [-0.1, -0.05) is 13.0 Å². The Hall–Kier alpha value is -3.46. The number of nitro groups is 1. The van der Waals surface area contributed by atoms with Gasteiger partial charge in [0.25, 0.3) is 11.6 Å². The lowest BCUT2D eigenvalue weighted by molar-refractivity contribution is -0.384. The second-order valence-corrected chi connectivity index (χ2v) is 6.68. The zero-order valence-corrected chi connectivity index (χ0v) is 16.7. The Kier molecular flexibility index (Phi) is 7.34. The minimum atomic E-state index is -0.414. The molecule has 158 valence electrons. The normalized spacial score (nSPS) is 14.0. The second kappa shape index (κ2) is 10.4. The third kappa shape index (κ3) is 5.54. The molecule has 0 saturated carbocycles. The van der Waals surface area contributed by atoms with E-state index in [4.69, 9.17) is 9.47 Å². The van der Waals surface area contributed by atoms with Gasteiger partial charge < -0.3 is 14.4 Å². The Bertz CT molecular complexity index is 908. The van der Waals surface area contributed by atoms with E-state index in [0.717, 1.165) is 6.42 Å². The zero-order valence-electron chi connectivity index (χ0n) is 16.7. The van der Waals surface area contributed by atoms with Gasteiger partial charge in [0.2, 0.25) is 0 Å². The maximum absolute atomic E-state index is 12.2. The van der Waals surface area contributed by atoms with Crippen molar-refractivity contribution in [3.8, 4) is 5.75 Å².